The van der Waals surface area contributed by atoms with Crippen molar-refractivity contribution in [1.29, 1.82) is 0 Å². The van der Waals surface area contributed by atoms with Gasteiger partial charge < -0.3 is 10.5 Å². The molecular weight excluding hydrogens is 357 g/mol. The van der Waals surface area contributed by atoms with Gasteiger partial charge in [-0.05, 0) is 53.0 Å². The van der Waals surface area contributed by atoms with E-state index in [2.05, 4.69) is 15.9 Å². The zero-order chi connectivity index (χ0) is 15.4. The van der Waals surface area contributed by atoms with Crippen molar-refractivity contribution in [1.82, 2.24) is 0 Å². The molecule has 0 saturated heterocycles. The molecule has 0 aliphatic carbocycles. The number of nitrogens with two attached hydrogens (primary N) is 1. The summed E-state index contributed by atoms with van der Waals surface area (Å²) in [6.45, 7) is 2.19. The summed E-state index contributed by atoms with van der Waals surface area (Å²) >= 11 is 9.41. The largest absolute Gasteiger partial charge is 0.487 e. The number of hydrogen-bond donors (Lipinski definition) is 1. The van der Waals surface area contributed by atoms with Crippen LogP contribution < -0.4 is 10.5 Å². The molecule has 2 nitrogen and oxygen atoms in total. The summed E-state index contributed by atoms with van der Waals surface area (Å²) in [5.74, 6) is 0.260. The van der Waals surface area contributed by atoms with Crippen LogP contribution in [0.2, 0.25) is 5.02 Å². The van der Waals surface area contributed by atoms with Gasteiger partial charge in [-0.15, -0.1) is 0 Å². The van der Waals surface area contributed by atoms with E-state index in [1.807, 2.05) is 25.1 Å². The summed E-state index contributed by atoms with van der Waals surface area (Å²) in [6, 6.07) is 10.5. The van der Waals surface area contributed by atoms with Gasteiger partial charge in [0.05, 0.1) is 9.50 Å². The Balaban J connectivity index is 2.08. The van der Waals surface area contributed by atoms with E-state index in [0.717, 1.165) is 17.5 Å². The van der Waals surface area contributed by atoms with Crippen molar-refractivity contribution in [2.75, 3.05) is 0 Å². The van der Waals surface area contributed by atoms with Crippen LogP contribution in [0.15, 0.2) is 40.9 Å². The van der Waals surface area contributed by atoms with E-state index in [-0.39, 0.29) is 18.5 Å². The highest BCUT2D eigenvalue weighted by Crippen LogP contribution is 2.28. The molecule has 0 aromatic heterocycles. The van der Waals surface area contributed by atoms with Crippen molar-refractivity contribution in [2.24, 2.45) is 5.73 Å². The third kappa shape index (κ3) is 4.43. The number of halogens is 3. The Bertz CT molecular complexity index is 634. The molecule has 0 bridgehead atoms. The number of benzene rings is 2. The lowest BCUT2D eigenvalue weighted by Crippen LogP contribution is -2.17. The molecule has 0 heterocycles. The fourth-order valence-corrected chi connectivity index (χ4v) is 2.61. The molecule has 0 saturated carbocycles. The minimum absolute atomic E-state index is 0.0797. The first-order valence-electron chi connectivity index (χ1n) is 6.57. The molecule has 0 aliphatic rings. The Labute approximate surface area is 137 Å². The maximum absolute atomic E-state index is 13.4. The second kappa shape index (κ2) is 7.25. The van der Waals surface area contributed by atoms with E-state index in [0.29, 0.717) is 15.2 Å². The molecule has 1 unspecified atom stereocenters. The quantitative estimate of drug-likeness (QED) is 0.825. The third-order valence-corrected chi connectivity index (χ3v) is 4.15. The summed E-state index contributed by atoms with van der Waals surface area (Å²) in [5.41, 5.74) is 7.55. The van der Waals surface area contributed by atoms with Crippen LogP contribution in [-0.2, 0) is 13.0 Å². The van der Waals surface area contributed by atoms with Crippen LogP contribution >= 0.6 is 27.5 Å². The molecule has 0 fully saturated rings. The molecule has 0 amide bonds. The Morgan fingerprint density at radius 2 is 2.10 bits per heavy atom. The van der Waals surface area contributed by atoms with Gasteiger partial charge in [-0.3, -0.25) is 0 Å². The van der Waals surface area contributed by atoms with Crippen molar-refractivity contribution < 1.29 is 9.13 Å². The highest BCUT2D eigenvalue weighted by atomic mass is 79.9. The van der Waals surface area contributed by atoms with Crippen LogP contribution in [0.3, 0.4) is 0 Å². The van der Waals surface area contributed by atoms with Gasteiger partial charge in [0.2, 0.25) is 0 Å². The maximum Gasteiger partial charge on any atom is 0.138 e. The number of hydrogen-bond acceptors (Lipinski definition) is 2. The fourth-order valence-electron chi connectivity index (χ4n) is 1.98. The van der Waals surface area contributed by atoms with Crippen LogP contribution in [0.25, 0.3) is 0 Å². The average Bonchev–Trinajstić information content (AvgIpc) is 2.41. The van der Waals surface area contributed by atoms with Crippen molar-refractivity contribution in [3.8, 4) is 5.75 Å². The normalized spacial score (nSPS) is 12.2. The van der Waals surface area contributed by atoms with E-state index < -0.39 is 0 Å². The Morgan fingerprint density at radius 3 is 2.76 bits per heavy atom. The van der Waals surface area contributed by atoms with E-state index >= 15 is 0 Å². The molecule has 2 aromatic carbocycles. The predicted molar refractivity (Wildman–Crippen MR) is 87.2 cm³/mol. The molecule has 21 heavy (non-hydrogen) atoms. The Kier molecular flexibility index (Phi) is 5.62. The van der Waals surface area contributed by atoms with Crippen LogP contribution in [0.5, 0.6) is 5.75 Å². The van der Waals surface area contributed by atoms with Crippen LogP contribution in [0.1, 0.15) is 18.1 Å². The number of rotatable bonds is 5. The smallest absolute Gasteiger partial charge is 0.138 e. The monoisotopic (exact) mass is 371 g/mol. The summed E-state index contributed by atoms with van der Waals surface area (Å²) in [7, 11) is 0. The molecule has 2 rings (SSSR count). The summed E-state index contributed by atoms with van der Waals surface area (Å²) < 4.78 is 19.5. The fraction of sp³-hybridized carbons (Fsp3) is 0.250. The average molecular weight is 373 g/mol. The van der Waals surface area contributed by atoms with Gasteiger partial charge in [0.25, 0.3) is 0 Å². The highest BCUT2D eigenvalue weighted by molar-refractivity contribution is 9.10. The van der Waals surface area contributed by atoms with E-state index in [1.165, 1.54) is 6.07 Å². The summed E-state index contributed by atoms with van der Waals surface area (Å²) in [5, 5.41) is 0.528. The molecule has 2 N–H and O–H groups in total. The number of ether oxygens (including phenoxy) is 1. The molecule has 5 heteroatoms. The molecule has 1 atom stereocenters. The van der Waals surface area contributed by atoms with Gasteiger partial charge >= 0.3 is 0 Å². The summed E-state index contributed by atoms with van der Waals surface area (Å²) in [4.78, 5) is 0. The second-order valence-electron chi connectivity index (χ2n) is 4.95. The van der Waals surface area contributed by atoms with Gasteiger partial charge in [-0.1, -0.05) is 29.8 Å². The Morgan fingerprint density at radius 1 is 1.33 bits per heavy atom. The first kappa shape index (κ1) is 16.3. The molecule has 0 spiro atoms. The molecule has 2 aromatic rings. The lowest BCUT2D eigenvalue weighted by atomic mass is 10.1. The van der Waals surface area contributed by atoms with Crippen LogP contribution in [-0.4, -0.2) is 6.04 Å². The molecular formula is C16H16BrClFNO. The van der Waals surface area contributed by atoms with Gasteiger partial charge in [0, 0.05) is 11.6 Å². The topological polar surface area (TPSA) is 35.2 Å². The maximum atomic E-state index is 13.4. The Hall–Kier alpha value is -1.10. The minimum Gasteiger partial charge on any atom is -0.487 e. The minimum atomic E-state index is -0.311. The molecule has 112 valence electrons. The second-order valence-corrected chi connectivity index (χ2v) is 6.15. The lowest BCUT2D eigenvalue weighted by molar-refractivity contribution is 0.305. The lowest BCUT2D eigenvalue weighted by Gasteiger charge is -2.12. The predicted octanol–water partition coefficient (Wildman–Crippen LogP) is 4.71. The van der Waals surface area contributed by atoms with E-state index in [9.17, 15) is 4.39 Å². The van der Waals surface area contributed by atoms with Crippen LogP contribution in [0, 0.1) is 5.82 Å². The third-order valence-electron chi connectivity index (χ3n) is 2.97. The van der Waals surface area contributed by atoms with Gasteiger partial charge in [0.1, 0.15) is 18.2 Å². The zero-order valence-electron chi connectivity index (χ0n) is 11.6. The highest BCUT2D eigenvalue weighted by Gasteiger charge is 2.08. The SMILES string of the molecule is CC(N)Cc1ccc(OCc2cccc(F)c2Br)c(Cl)c1. The van der Waals surface area contributed by atoms with E-state index in [1.54, 1.807) is 12.1 Å². The molecule has 0 radical (unpaired) electrons. The van der Waals surface area contributed by atoms with Crippen molar-refractivity contribution >= 4 is 27.5 Å². The zero-order valence-corrected chi connectivity index (χ0v) is 13.9. The summed E-state index contributed by atoms with van der Waals surface area (Å²) in [6.07, 6.45) is 0.759. The van der Waals surface area contributed by atoms with Gasteiger partial charge in [-0.25, -0.2) is 4.39 Å². The first-order valence-corrected chi connectivity index (χ1v) is 7.74. The van der Waals surface area contributed by atoms with E-state index in [4.69, 9.17) is 22.1 Å². The van der Waals surface area contributed by atoms with Crippen molar-refractivity contribution in [3.63, 3.8) is 0 Å². The van der Waals surface area contributed by atoms with Crippen molar-refractivity contribution in [2.45, 2.75) is 26.0 Å². The van der Waals surface area contributed by atoms with Crippen molar-refractivity contribution in [3.05, 3.63) is 62.8 Å². The van der Waals surface area contributed by atoms with Gasteiger partial charge in [-0.2, -0.15) is 0 Å². The molecule has 0 aliphatic heterocycles. The standard InChI is InChI=1S/C16H16BrClFNO/c1-10(20)7-11-5-6-15(13(18)8-11)21-9-12-3-2-4-14(19)16(12)17/h2-6,8,10H,7,9,20H2,1H3. The van der Waals surface area contributed by atoms with Crippen LogP contribution in [0.4, 0.5) is 4.39 Å². The van der Waals surface area contributed by atoms with Gasteiger partial charge in [0.15, 0.2) is 0 Å². The first-order chi connectivity index (χ1) is 9.97.